The molecule has 1 amide bonds. The number of carbonyl (C=O) groups excluding carboxylic acids is 1. The Morgan fingerprint density at radius 2 is 2.35 bits per heavy atom. The second-order valence-electron chi connectivity index (χ2n) is 3.61. The van der Waals surface area contributed by atoms with Crippen molar-refractivity contribution in [1.29, 1.82) is 0 Å². The van der Waals surface area contributed by atoms with Gasteiger partial charge in [-0.25, -0.2) is 0 Å². The van der Waals surface area contributed by atoms with Crippen LogP contribution in [0.15, 0.2) is 24.3 Å². The molecular weight excluding hydrogens is 236 g/mol. The number of amides is 1. The minimum absolute atomic E-state index is 0.160. The van der Waals surface area contributed by atoms with Gasteiger partial charge in [0.25, 0.3) is 0 Å². The summed E-state index contributed by atoms with van der Waals surface area (Å²) in [5.41, 5.74) is 6.47. The van der Waals surface area contributed by atoms with E-state index >= 15 is 0 Å². The first-order chi connectivity index (χ1) is 8.17. The number of ether oxygens (including phenoxy) is 1. The molecule has 0 aliphatic carbocycles. The Hall–Kier alpha value is -1.20. The van der Waals surface area contributed by atoms with Crippen LogP contribution in [0.2, 0.25) is 0 Å². The highest BCUT2D eigenvalue weighted by molar-refractivity contribution is 7.98. The second kappa shape index (κ2) is 7.19. The monoisotopic (exact) mass is 254 g/mol. The molecule has 94 valence electrons. The molecule has 1 atom stereocenters. The Morgan fingerprint density at radius 3 is 3.00 bits per heavy atom. The van der Waals surface area contributed by atoms with Gasteiger partial charge in [0.05, 0.1) is 13.2 Å². The third kappa shape index (κ3) is 4.66. The molecular formula is C12H18N2O2S. The second-order valence-corrected chi connectivity index (χ2v) is 4.59. The number of methoxy groups -OCH3 is 1. The van der Waals surface area contributed by atoms with E-state index < -0.39 is 6.04 Å². The molecule has 4 nitrogen and oxygen atoms in total. The summed E-state index contributed by atoms with van der Waals surface area (Å²) in [5, 5.41) is 2.77. The first kappa shape index (κ1) is 13.9. The average molecular weight is 254 g/mol. The van der Waals surface area contributed by atoms with Gasteiger partial charge in [0.1, 0.15) is 5.75 Å². The average Bonchev–Trinajstić information content (AvgIpc) is 2.36. The number of hydrogen-bond donors (Lipinski definition) is 2. The third-order valence-electron chi connectivity index (χ3n) is 2.31. The molecule has 0 fully saturated rings. The van der Waals surface area contributed by atoms with Crippen molar-refractivity contribution in [3.63, 3.8) is 0 Å². The Kier molecular flexibility index (Phi) is 5.86. The number of thioether (sulfide) groups is 1. The summed E-state index contributed by atoms with van der Waals surface area (Å²) < 4.78 is 5.08. The zero-order valence-corrected chi connectivity index (χ0v) is 10.9. The zero-order valence-electron chi connectivity index (χ0n) is 10.1. The Morgan fingerprint density at radius 1 is 1.59 bits per heavy atom. The minimum Gasteiger partial charge on any atom is -0.497 e. The molecule has 0 saturated heterocycles. The van der Waals surface area contributed by atoms with Crippen molar-refractivity contribution in [3.8, 4) is 5.75 Å². The first-order valence-corrected chi connectivity index (χ1v) is 6.76. The van der Waals surface area contributed by atoms with Gasteiger partial charge in [-0.2, -0.15) is 11.8 Å². The van der Waals surface area contributed by atoms with E-state index in [1.165, 1.54) is 0 Å². The highest BCUT2D eigenvalue weighted by Gasteiger charge is 2.12. The van der Waals surface area contributed by atoms with Crippen LogP contribution < -0.4 is 15.8 Å². The third-order valence-corrected chi connectivity index (χ3v) is 2.95. The summed E-state index contributed by atoms with van der Waals surface area (Å²) in [4.78, 5) is 11.7. The molecule has 1 aromatic rings. The van der Waals surface area contributed by atoms with Crippen molar-refractivity contribution >= 4 is 23.4 Å². The maximum atomic E-state index is 11.7. The molecule has 0 saturated carbocycles. The van der Waals surface area contributed by atoms with Crippen LogP contribution in [-0.2, 0) is 4.79 Å². The molecule has 0 heterocycles. The molecule has 0 aliphatic rings. The van der Waals surface area contributed by atoms with Gasteiger partial charge in [-0.05, 0) is 30.6 Å². The van der Waals surface area contributed by atoms with E-state index in [9.17, 15) is 4.79 Å². The fourth-order valence-electron chi connectivity index (χ4n) is 1.31. The number of rotatable bonds is 6. The number of nitrogens with one attached hydrogen (secondary N) is 1. The highest BCUT2D eigenvalue weighted by atomic mass is 32.2. The van der Waals surface area contributed by atoms with Gasteiger partial charge in [0.2, 0.25) is 5.91 Å². The van der Waals surface area contributed by atoms with Crippen molar-refractivity contribution in [1.82, 2.24) is 0 Å². The van der Waals surface area contributed by atoms with Crippen LogP contribution in [0, 0.1) is 0 Å². The van der Waals surface area contributed by atoms with Crippen LogP contribution in [0.5, 0.6) is 5.75 Å². The van der Waals surface area contributed by atoms with Gasteiger partial charge in [-0.15, -0.1) is 0 Å². The number of anilines is 1. The molecule has 0 unspecified atom stereocenters. The van der Waals surface area contributed by atoms with E-state index in [0.717, 1.165) is 5.75 Å². The molecule has 0 spiro atoms. The lowest BCUT2D eigenvalue weighted by Gasteiger charge is -2.12. The van der Waals surface area contributed by atoms with Crippen molar-refractivity contribution in [3.05, 3.63) is 24.3 Å². The SMILES string of the molecule is COc1cccc(NC(=O)[C@H](N)CCSC)c1. The van der Waals surface area contributed by atoms with Crippen LogP contribution in [-0.4, -0.2) is 31.1 Å². The predicted molar refractivity (Wildman–Crippen MR) is 72.6 cm³/mol. The quantitative estimate of drug-likeness (QED) is 0.811. The number of benzene rings is 1. The van der Waals surface area contributed by atoms with Crippen molar-refractivity contribution in [2.75, 3.05) is 24.4 Å². The largest absolute Gasteiger partial charge is 0.497 e. The van der Waals surface area contributed by atoms with Crippen LogP contribution in [0.25, 0.3) is 0 Å². The standard InChI is InChI=1S/C12H18N2O2S/c1-16-10-5-3-4-9(8-10)14-12(15)11(13)6-7-17-2/h3-5,8,11H,6-7,13H2,1-2H3,(H,14,15)/t11-/m1/s1. The Labute approximate surface area is 106 Å². The summed E-state index contributed by atoms with van der Waals surface area (Å²) >= 11 is 1.68. The van der Waals surface area contributed by atoms with Crippen LogP contribution in [0.3, 0.4) is 0 Å². The normalized spacial score (nSPS) is 11.9. The molecule has 0 aromatic heterocycles. The maximum absolute atomic E-state index is 11.7. The number of carbonyl (C=O) groups is 1. The smallest absolute Gasteiger partial charge is 0.241 e. The van der Waals surface area contributed by atoms with E-state index in [2.05, 4.69) is 5.32 Å². The van der Waals surface area contributed by atoms with Gasteiger partial charge >= 0.3 is 0 Å². The summed E-state index contributed by atoms with van der Waals surface area (Å²) in [6.07, 6.45) is 2.67. The lowest BCUT2D eigenvalue weighted by molar-refractivity contribution is -0.117. The molecule has 17 heavy (non-hydrogen) atoms. The van der Waals surface area contributed by atoms with Crippen LogP contribution in [0.1, 0.15) is 6.42 Å². The predicted octanol–water partition coefficient (Wildman–Crippen LogP) is 1.71. The lowest BCUT2D eigenvalue weighted by atomic mass is 10.2. The number of nitrogens with two attached hydrogens (primary N) is 1. The summed E-state index contributed by atoms with van der Waals surface area (Å²) in [6.45, 7) is 0. The van der Waals surface area contributed by atoms with Crippen molar-refractivity contribution in [2.24, 2.45) is 5.73 Å². The molecule has 0 bridgehead atoms. The Bertz CT molecular complexity index is 371. The molecule has 5 heteroatoms. The van der Waals surface area contributed by atoms with Crippen LogP contribution >= 0.6 is 11.8 Å². The maximum Gasteiger partial charge on any atom is 0.241 e. The fourth-order valence-corrected chi connectivity index (χ4v) is 1.80. The molecule has 0 aliphatic heterocycles. The molecule has 1 rings (SSSR count). The number of hydrogen-bond acceptors (Lipinski definition) is 4. The molecule has 0 radical (unpaired) electrons. The zero-order chi connectivity index (χ0) is 12.7. The van der Waals surface area contributed by atoms with Gasteiger partial charge in [-0.1, -0.05) is 6.07 Å². The summed E-state index contributed by atoms with van der Waals surface area (Å²) in [6, 6.07) is 6.75. The van der Waals surface area contributed by atoms with Crippen molar-refractivity contribution in [2.45, 2.75) is 12.5 Å². The van der Waals surface area contributed by atoms with Gasteiger partial charge in [0.15, 0.2) is 0 Å². The van der Waals surface area contributed by atoms with E-state index in [1.807, 2.05) is 24.5 Å². The van der Waals surface area contributed by atoms with E-state index in [4.69, 9.17) is 10.5 Å². The van der Waals surface area contributed by atoms with E-state index in [0.29, 0.717) is 17.9 Å². The van der Waals surface area contributed by atoms with Gasteiger partial charge < -0.3 is 15.8 Å². The summed E-state index contributed by atoms with van der Waals surface area (Å²) in [7, 11) is 1.59. The van der Waals surface area contributed by atoms with Gasteiger partial charge in [-0.3, -0.25) is 4.79 Å². The highest BCUT2D eigenvalue weighted by Crippen LogP contribution is 2.16. The summed E-state index contributed by atoms with van der Waals surface area (Å²) in [5.74, 6) is 1.43. The minimum atomic E-state index is -0.464. The fraction of sp³-hybridized carbons (Fsp3) is 0.417. The Balaban J connectivity index is 2.54. The first-order valence-electron chi connectivity index (χ1n) is 5.37. The molecule has 1 aromatic carbocycles. The van der Waals surface area contributed by atoms with E-state index in [-0.39, 0.29) is 5.91 Å². The lowest BCUT2D eigenvalue weighted by Crippen LogP contribution is -2.36. The topological polar surface area (TPSA) is 64.3 Å². The van der Waals surface area contributed by atoms with E-state index in [1.54, 1.807) is 24.9 Å². The van der Waals surface area contributed by atoms with Gasteiger partial charge in [0, 0.05) is 11.8 Å². The van der Waals surface area contributed by atoms with Crippen LogP contribution in [0.4, 0.5) is 5.69 Å². The molecule has 3 N–H and O–H groups in total. The van der Waals surface area contributed by atoms with Crippen molar-refractivity contribution < 1.29 is 9.53 Å².